The van der Waals surface area contributed by atoms with E-state index in [1.807, 2.05) is 18.5 Å². The van der Waals surface area contributed by atoms with Crippen LogP contribution in [0.15, 0.2) is 36.8 Å². The number of rotatable bonds is 13. The number of piperazine rings is 1. The Morgan fingerprint density at radius 2 is 1.76 bits per heavy atom. The minimum Gasteiger partial charge on any atom is -0.492 e. The number of piperidine rings is 2. The van der Waals surface area contributed by atoms with Crippen LogP contribution in [0.2, 0.25) is 0 Å². The van der Waals surface area contributed by atoms with Crippen LogP contribution in [0.5, 0.6) is 5.75 Å². The van der Waals surface area contributed by atoms with Crippen LogP contribution in [-0.2, 0) is 14.6 Å². The van der Waals surface area contributed by atoms with Gasteiger partial charge in [0, 0.05) is 62.0 Å². The number of anilines is 1. The van der Waals surface area contributed by atoms with Gasteiger partial charge in [-0.25, -0.2) is 17.9 Å². The predicted octanol–water partition coefficient (Wildman–Crippen LogP) is 3.38. The monoisotopic (exact) mass is 633 g/mol. The van der Waals surface area contributed by atoms with Crippen LogP contribution < -0.4 is 9.64 Å². The van der Waals surface area contributed by atoms with Crippen molar-refractivity contribution in [2.75, 3.05) is 56.5 Å². The van der Waals surface area contributed by atoms with Crippen molar-refractivity contribution >= 4 is 21.2 Å². The van der Waals surface area contributed by atoms with E-state index >= 15 is 0 Å². The summed E-state index contributed by atoms with van der Waals surface area (Å²) in [5, 5.41) is 13.9. The van der Waals surface area contributed by atoms with E-state index < -0.39 is 9.84 Å². The van der Waals surface area contributed by atoms with Crippen LogP contribution in [-0.4, -0.2) is 114 Å². The Morgan fingerprint density at radius 3 is 2.44 bits per heavy atom. The summed E-state index contributed by atoms with van der Waals surface area (Å²) < 4.78 is 38.0. The van der Waals surface area contributed by atoms with Crippen molar-refractivity contribution in [1.82, 2.24) is 24.4 Å². The molecule has 11 nitrogen and oxygen atoms in total. The van der Waals surface area contributed by atoms with Gasteiger partial charge in [0.25, 0.3) is 0 Å². The van der Waals surface area contributed by atoms with E-state index in [1.54, 1.807) is 24.6 Å². The van der Waals surface area contributed by atoms with E-state index in [-0.39, 0.29) is 11.0 Å². The largest absolute Gasteiger partial charge is 0.492 e. The summed E-state index contributed by atoms with van der Waals surface area (Å²) in [6.45, 7) is 9.97. The fourth-order valence-corrected chi connectivity index (χ4v) is 8.41. The van der Waals surface area contributed by atoms with Crippen molar-refractivity contribution in [2.24, 2.45) is 0 Å². The molecule has 0 radical (unpaired) electrons. The first kappa shape index (κ1) is 30.4. The van der Waals surface area contributed by atoms with E-state index in [2.05, 4.69) is 38.0 Å². The van der Waals surface area contributed by atoms with Crippen LogP contribution in [0, 0.1) is 11.3 Å². The molecule has 9 rings (SSSR count). The van der Waals surface area contributed by atoms with Crippen molar-refractivity contribution < 1.29 is 17.9 Å². The molecule has 0 aliphatic carbocycles. The van der Waals surface area contributed by atoms with Gasteiger partial charge in [0.1, 0.15) is 17.6 Å². The van der Waals surface area contributed by atoms with Crippen molar-refractivity contribution in [2.45, 2.75) is 75.5 Å². The molecule has 6 aliphatic heterocycles. The van der Waals surface area contributed by atoms with E-state index in [9.17, 15) is 13.7 Å². The highest BCUT2D eigenvalue weighted by Gasteiger charge is 2.45. The molecule has 3 aromatic rings. The molecule has 0 amide bonds. The Labute approximate surface area is 265 Å². The van der Waals surface area contributed by atoms with E-state index in [4.69, 9.17) is 14.5 Å². The van der Waals surface area contributed by atoms with Crippen LogP contribution in [0.1, 0.15) is 51.5 Å². The lowest BCUT2D eigenvalue weighted by Gasteiger charge is -2.57. The van der Waals surface area contributed by atoms with Crippen LogP contribution in [0.25, 0.3) is 16.6 Å². The highest BCUT2D eigenvalue weighted by atomic mass is 32.2. The quantitative estimate of drug-likeness (QED) is 0.260. The SMILES string of the molecule is CC(C)S(=O)(=O)CCCN1CC2CC(C1)N2c1ccc(-c2cc(OCCCCN3CC4CC(C3)O4)cn3ncc(C#N)c23)cn1. The molecular weight excluding hydrogens is 590 g/mol. The molecule has 6 aliphatic rings. The number of unbranched alkanes of at least 4 members (excludes halogenated alkanes) is 1. The summed E-state index contributed by atoms with van der Waals surface area (Å²) in [6, 6.07) is 9.20. The van der Waals surface area contributed by atoms with Gasteiger partial charge in [-0.05, 0) is 70.8 Å². The number of nitriles is 1. The first-order valence-electron chi connectivity index (χ1n) is 16.4. The second-order valence-corrected chi connectivity index (χ2v) is 16.0. The van der Waals surface area contributed by atoms with Crippen molar-refractivity contribution in [3.63, 3.8) is 0 Å². The van der Waals surface area contributed by atoms with Gasteiger partial charge in [0.2, 0.25) is 0 Å². The number of pyridine rings is 2. The zero-order chi connectivity index (χ0) is 31.1. The molecule has 0 spiro atoms. The Hall–Kier alpha value is -3.24. The number of hydrogen-bond donors (Lipinski definition) is 0. The Kier molecular flexibility index (Phi) is 8.46. The van der Waals surface area contributed by atoms with E-state index in [0.29, 0.717) is 42.9 Å². The van der Waals surface area contributed by atoms with Gasteiger partial charge in [-0.2, -0.15) is 10.4 Å². The molecule has 4 bridgehead atoms. The highest BCUT2D eigenvalue weighted by molar-refractivity contribution is 7.91. The zero-order valence-electron chi connectivity index (χ0n) is 26.2. The second kappa shape index (κ2) is 12.5. The summed E-state index contributed by atoms with van der Waals surface area (Å²) in [5.41, 5.74) is 3.05. The highest BCUT2D eigenvalue weighted by Crippen LogP contribution is 2.38. The van der Waals surface area contributed by atoms with Gasteiger partial charge in [0.15, 0.2) is 9.84 Å². The lowest BCUT2D eigenvalue weighted by Crippen LogP contribution is -2.69. The van der Waals surface area contributed by atoms with Gasteiger partial charge in [-0.1, -0.05) is 0 Å². The summed E-state index contributed by atoms with van der Waals surface area (Å²) in [7, 11) is -2.99. The third-order valence-electron chi connectivity index (χ3n) is 9.89. The fourth-order valence-electron chi connectivity index (χ4n) is 7.40. The topological polar surface area (TPSA) is 116 Å². The summed E-state index contributed by atoms with van der Waals surface area (Å²) in [5.74, 6) is 1.93. The molecule has 45 heavy (non-hydrogen) atoms. The number of fused-ring (bicyclic) bond motifs is 5. The van der Waals surface area contributed by atoms with Gasteiger partial charge in [-0.3, -0.25) is 9.80 Å². The third kappa shape index (κ3) is 6.28. The Morgan fingerprint density at radius 1 is 1.02 bits per heavy atom. The number of ether oxygens (including phenoxy) is 2. The molecule has 9 heterocycles. The van der Waals surface area contributed by atoms with Gasteiger partial charge < -0.3 is 14.4 Å². The molecule has 6 fully saturated rings. The van der Waals surface area contributed by atoms with Gasteiger partial charge >= 0.3 is 0 Å². The number of nitrogens with zero attached hydrogens (tertiary/aromatic N) is 7. The molecule has 6 saturated heterocycles. The molecule has 240 valence electrons. The van der Waals surface area contributed by atoms with Crippen molar-refractivity contribution in [3.8, 4) is 22.9 Å². The third-order valence-corrected chi connectivity index (χ3v) is 12.2. The maximum absolute atomic E-state index is 12.2. The maximum Gasteiger partial charge on any atom is 0.152 e. The lowest BCUT2D eigenvalue weighted by atomic mass is 9.87. The standard InChI is InChI=1S/C33H43N7O4S/c1-23(2)45(41,42)11-5-9-37-18-26-12-27(19-37)40(26)32-7-6-24(16-35-32)31-14-28(22-39-33(31)25(15-34)17-36-39)43-10-4-3-8-38-20-29-13-30(21-38)44-29/h6-7,14,16-17,22-23,26-27,29-30H,3-5,8-13,18-21H2,1-2H3. The lowest BCUT2D eigenvalue weighted by molar-refractivity contribution is -0.180. The molecule has 4 atom stereocenters. The van der Waals surface area contributed by atoms with Crippen LogP contribution >= 0.6 is 0 Å². The molecule has 3 aromatic heterocycles. The number of sulfone groups is 1. The smallest absolute Gasteiger partial charge is 0.152 e. The Bertz CT molecular complexity index is 1640. The normalized spacial score (nSPS) is 24.8. The summed E-state index contributed by atoms with van der Waals surface area (Å²) in [6.07, 6.45) is 11.3. The minimum atomic E-state index is -2.99. The first-order valence-corrected chi connectivity index (χ1v) is 18.1. The number of morpholine rings is 1. The average molecular weight is 634 g/mol. The van der Waals surface area contributed by atoms with E-state index in [0.717, 1.165) is 86.7 Å². The maximum atomic E-state index is 12.2. The average Bonchev–Trinajstić information content (AvgIpc) is 3.44. The molecule has 4 unspecified atom stereocenters. The first-order chi connectivity index (χ1) is 21.8. The Balaban J connectivity index is 0.975. The predicted molar refractivity (Wildman–Crippen MR) is 172 cm³/mol. The van der Waals surface area contributed by atoms with Gasteiger partial charge in [-0.15, -0.1) is 0 Å². The fraction of sp³-hybridized carbons (Fsp3) is 0.606. The molecule has 12 heteroatoms. The van der Waals surface area contributed by atoms with Crippen LogP contribution in [0.3, 0.4) is 0 Å². The summed E-state index contributed by atoms with van der Waals surface area (Å²) >= 11 is 0. The van der Waals surface area contributed by atoms with Gasteiger partial charge in [0.05, 0.1) is 53.3 Å². The van der Waals surface area contributed by atoms with Crippen molar-refractivity contribution in [1.29, 1.82) is 5.26 Å². The molecular formula is C33H43N7O4S. The van der Waals surface area contributed by atoms with Crippen molar-refractivity contribution in [3.05, 3.63) is 42.4 Å². The molecule has 0 aromatic carbocycles. The second-order valence-electron chi connectivity index (χ2n) is 13.4. The minimum absolute atomic E-state index is 0.253. The number of hydrogen-bond acceptors (Lipinski definition) is 10. The molecule has 0 saturated carbocycles. The van der Waals surface area contributed by atoms with E-state index in [1.165, 1.54) is 6.42 Å². The number of aromatic nitrogens is 3. The summed E-state index contributed by atoms with van der Waals surface area (Å²) in [4.78, 5) is 12.2. The van der Waals surface area contributed by atoms with Crippen LogP contribution in [0.4, 0.5) is 5.82 Å². The zero-order valence-corrected chi connectivity index (χ0v) is 27.0. The molecule has 0 N–H and O–H groups in total.